The van der Waals surface area contributed by atoms with Crippen molar-refractivity contribution < 1.29 is 30.4 Å². The molecule has 0 saturated heterocycles. The third kappa shape index (κ3) is 10.9. The molecule has 2 aromatic carbocycles. The third-order valence-electron chi connectivity index (χ3n) is 4.80. The van der Waals surface area contributed by atoms with Crippen LogP contribution >= 0.6 is 24.8 Å². The molecule has 2 aliphatic rings. The van der Waals surface area contributed by atoms with Gasteiger partial charge in [-0.05, 0) is 24.3 Å². The molecule has 6 heteroatoms. The molecule has 0 fully saturated rings. The van der Waals surface area contributed by atoms with Gasteiger partial charge in [-0.3, -0.25) is 12.2 Å². The van der Waals surface area contributed by atoms with Crippen molar-refractivity contribution in [3.63, 3.8) is 0 Å². The van der Waals surface area contributed by atoms with Crippen LogP contribution in [0.15, 0.2) is 71.8 Å². The molecule has 0 amide bonds. The number of hydrogen-bond donors (Lipinski definition) is 0. The van der Waals surface area contributed by atoms with Crippen molar-refractivity contribution in [2.24, 2.45) is 11.8 Å². The van der Waals surface area contributed by atoms with E-state index < -0.39 is 0 Å². The summed E-state index contributed by atoms with van der Waals surface area (Å²) >= 11 is 3.64. The fourth-order valence-electron chi connectivity index (χ4n) is 3.61. The van der Waals surface area contributed by atoms with Crippen LogP contribution in [0.5, 0.6) is 0 Å². The summed E-state index contributed by atoms with van der Waals surface area (Å²) in [7, 11) is 0. The molecule has 184 valence electrons. The Morgan fingerprint density at radius 2 is 1.03 bits per heavy atom. The topological polar surface area (TPSA) is 0 Å². The van der Waals surface area contributed by atoms with Gasteiger partial charge in [0.2, 0.25) is 0 Å². The first kappa shape index (κ1) is 37.8. The van der Waals surface area contributed by atoms with E-state index in [4.69, 9.17) is 0 Å². The van der Waals surface area contributed by atoms with Gasteiger partial charge in [0, 0.05) is 0 Å². The summed E-state index contributed by atoms with van der Waals surface area (Å²) in [5, 5.41) is 0. The van der Waals surface area contributed by atoms with Gasteiger partial charge in [0.1, 0.15) is 11.6 Å². The van der Waals surface area contributed by atoms with Crippen LogP contribution in [0, 0.1) is 50.5 Å². The predicted octanol–water partition coefficient (Wildman–Crippen LogP) is 8.58. The van der Waals surface area contributed by atoms with E-state index in [1.165, 1.54) is 12.1 Å². The first-order valence-electron chi connectivity index (χ1n) is 9.75. The minimum atomic E-state index is -0.184. The van der Waals surface area contributed by atoms with Gasteiger partial charge in [-0.15, -0.1) is 24.8 Å². The van der Waals surface area contributed by atoms with E-state index in [-0.39, 0.29) is 51.3 Å². The molecule has 0 aliphatic heterocycles. The third-order valence-corrected chi connectivity index (χ3v) is 4.80. The zero-order chi connectivity index (χ0) is 22.3. The molecule has 2 radical (unpaired) electrons. The van der Waals surface area contributed by atoms with Gasteiger partial charge in [0.25, 0.3) is 0 Å². The monoisotopic (exact) mass is 640 g/mol. The summed E-state index contributed by atoms with van der Waals surface area (Å²) in [6.07, 6.45) is 10.8. The van der Waals surface area contributed by atoms with Crippen molar-refractivity contribution in [2.45, 2.75) is 27.7 Å². The summed E-state index contributed by atoms with van der Waals surface area (Å²) in [5.74, 6) is 0.313. The maximum absolute atomic E-state index is 13.0. The molecule has 0 heterocycles. The fourth-order valence-corrected chi connectivity index (χ4v) is 3.61. The Balaban J connectivity index is -0.000000475. The molecule has 0 spiro atoms. The van der Waals surface area contributed by atoms with E-state index in [9.17, 15) is 8.78 Å². The van der Waals surface area contributed by atoms with E-state index in [0.29, 0.717) is 11.8 Å². The van der Waals surface area contributed by atoms with Gasteiger partial charge < -0.3 is 14.9 Å². The summed E-state index contributed by atoms with van der Waals surface area (Å²) < 4.78 is 26.0. The molecule has 0 saturated carbocycles. The van der Waals surface area contributed by atoms with Crippen molar-refractivity contribution in [1.29, 1.82) is 0 Å². The second-order valence-electron chi connectivity index (χ2n) is 7.30. The second kappa shape index (κ2) is 18.5. The number of allylic oxidation sites excluding steroid dienone is 8. The molecule has 2 unspecified atom stereocenters. The number of halogens is 4. The average molecular weight is 641 g/mol. The van der Waals surface area contributed by atoms with Gasteiger partial charge in [-0.1, -0.05) is 74.9 Å². The van der Waals surface area contributed by atoms with Crippen LogP contribution < -0.4 is 0 Å². The van der Waals surface area contributed by atoms with E-state index in [0.717, 1.165) is 33.4 Å². The summed E-state index contributed by atoms with van der Waals surface area (Å²) in [5.41, 5.74) is 6.33. The number of rotatable bonds is 2. The first-order chi connectivity index (χ1) is 14.3. The molecular formula is C28H32Cl2F2GeZr-4. The van der Waals surface area contributed by atoms with Crippen molar-refractivity contribution >= 4 is 48.1 Å². The van der Waals surface area contributed by atoms with E-state index in [1.807, 2.05) is 26.0 Å². The zero-order valence-electron chi connectivity index (χ0n) is 20.5. The Morgan fingerprint density at radius 1 is 0.706 bits per heavy atom. The molecule has 0 bridgehead atoms. The molecular weight excluding hydrogens is 609 g/mol. The zero-order valence-corrected chi connectivity index (χ0v) is 26.7. The van der Waals surface area contributed by atoms with Gasteiger partial charge in [0.05, 0.1) is 0 Å². The number of benzene rings is 2. The second-order valence-corrected chi connectivity index (χ2v) is 7.30. The molecule has 4 rings (SSSR count). The molecule has 2 atom stereocenters. The van der Waals surface area contributed by atoms with E-state index in [2.05, 4.69) is 50.3 Å². The Labute approximate surface area is 237 Å². The Hall–Kier alpha value is -0.734. The molecule has 2 aliphatic carbocycles. The van der Waals surface area contributed by atoms with Crippen LogP contribution in [-0.2, 0) is 21.6 Å². The van der Waals surface area contributed by atoms with Crippen molar-refractivity contribution in [3.8, 4) is 0 Å². The van der Waals surface area contributed by atoms with Gasteiger partial charge in [-0.25, -0.2) is 19.9 Å². The van der Waals surface area contributed by atoms with Crippen LogP contribution in [0.2, 0.25) is 0 Å². The Kier molecular flexibility index (Phi) is 20.6. The van der Waals surface area contributed by atoms with Crippen molar-refractivity contribution in [2.75, 3.05) is 0 Å². The molecule has 0 aromatic heterocycles. The quantitative estimate of drug-likeness (QED) is 0.228. The maximum atomic E-state index is 13.0. The van der Waals surface area contributed by atoms with Crippen LogP contribution in [0.25, 0.3) is 11.1 Å². The average Bonchev–Trinajstić information content (AvgIpc) is 3.24. The fraction of sp³-hybridized carbons (Fsp3) is 0.214. The van der Waals surface area contributed by atoms with Gasteiger partial charge in [-0.2, -0.15) is 23.3 Å². The summed E-state index contributed by atoms with van der Waals surface area (Å²) in [4.78, 5) is 0. The van der Waals surface area contributed by atoms with E-state index in [1.54, 1.807) is 45.9 Å². The summed E-state index contributed by atoms with van der Waals surface area (Å²) in [6, 6.07) is 13.4. The minimum absolute atomic E-state index is 0. The summed E-state index contributed by atoms with van der Waals surface area (Å²) in [6.45, 7) is 8.19. The van der Waals surface area contributed by atoms with Crippen LogP contribution in [0.1, 0.15) is 38.8 Å². The van der Waals surface area contributed by atoms with Gasteiger partial charge in [0.15, 0.2) is 0 Å². The van der Waals surface area contributed by atoms with E-state index >= 15 is 0 Å². The molecule has 0 nitrogen and oxygen atoms in total. The molecule has 2 aromatic rings. The molecule has 34 heavy (non-hydrogen) atoms. The first-order valence-corrected chi connectivity index (χ1v) is 17.2. The SMILES string of the molecule is CC1=[C-]C(C)C=C1c1cccc(F)c1.CC1=[C-]C(C)C=C1c1cccc(F)c1.Cl.Cl.[CH3-].[CH3-].[Ge]=[Zr]. The standard InChI is InChI=1S/2C13H12F.2CH3.2ClH.Ge.Zr/c2*1-9-6-10(2)13(7-9)11-4-3-5-12(14)8-11;;;;;;/h2*3-5,7-9H,1-2H3;2*1H3;2*1H;;/q4*-1;;;;. The normalized spacial score (nSPS) is 17.1. The Morgan fingerprint density at radius 3 is 1.26 bits per heavy atom. The van der Waals surface area contributed by atoms with Crippen LogP contribution in [0.3, 0.4) is 0 Å². The van der Waals surface area contributed by atoms with Crippen molar-refractivity contribution in [3.05, 3.63) is 122 Å². The molecule has 0 N–H and O–H groups in total. The Bertz CT molecular complexity index is 947. The van der Waals surface area contributed by atoms with Crippen LogP contribution in [-0.4, -0.2) is 12.1 Å². The number of hydrogen-bond acceptors (Lipinski definition) is 0. The van der Waals surface area contributed by atoms with Crippen LogP contribution in [0.4, 0.5) is 8.78 Å². The van der Waals surface area contributed by atoms with Crippen molar-refractivity contribution in [1.82, 2.24) is 0 Å². The predicted molar refractivity (Wildman–Crippen MR) is 145 cm³/mol. The van der Waals surface area contributed by atoms with Gasteiger partial charge >= 0.3 is 33.7 Å².